The van der Waals surface area contributed by atoms with Crippen molar-refractivity contribution in [3.63, 3.8) is 0 Å². The summed E-state index contributed by atoms with van der Waals surface area (Å²) < 4.78 is 10.2. The molecule has 0 aromatic heterocycles. The zero-order valence-electron chi connectivity index (χ0n) is 7.56. The van der Waals surface area contributed by atoms with E-state index in [-0.39, 0.29) is 6.79 Å². The first-order chi connectivity index (χ1) is 6.29. The molecule has 0 bridgehead atoms. The van der Waals surface area contributed by atoms with Crippen molar-refractivity contribution in [2.45, 2.75) is 13.0 Å². The fourth-order valence-electron chi connectivity index (χ4n) is 0.796. The average Bonchev–Trinajstić information content (AvgIpc) is 2.14. The summed E-state index contributed by atoms with van der Waals surface area (Å²) in [5, 5.41) is 8.86. The molecule has 0 fully saturated rings. The summed E-state index contributed by atoms with van der Waals surface area (Å²) in [6, 6.07) is 10.0. The van der Waals surface area contributed by atoms with Gasteiger partial charge in [-0.15, -0.1) is 0 Å². The van der Waals surface area contributed by atoms with Gasteiger partial charge in [-0.1, -0.05) is 12.1 Å². The van der Waals surface area contributed by atoms with E-state index in [1.165, 1.54) is 0 Å². The standard InChI is InChI=1S/C10H13O3/c1-9(11)7-12-8-13-10-5-3-2-4-6-10/h3-6,9,11H,7-8H2,1H3. The maximum absolute atomic E-state index is 8.86. The van der Waals surface area contributed by atoms with Crippen LogP contribution in [0.1, 0.15) is 6.92 Å². The lowest BCUT2D eigenvalue weighted by atomic mass is 10.3. The third-order valence-electron chi connectivity index (χ3n) is 1.36. The minimum Gasteiger partial charge on any atom is -0.468 e. The van der Waals surface area contributed by atoms with Crippen LogP contribution in [0.3, 0.4) is 0 Å². The van der Waals surface area contributed by atoms with Gasteiger partial charge in [0.15, 0.2) is 6.79 Å². The molecule has 13 heavy (non-hydrogen) atoms. The van der Waals surface area contributed by atoms with Gasteiger partial charge < -0.3 is 14.6 Å². The zero-order chi connectivity index (χ0) is 9.52. The third-order valence-corrected chi connectivity index (χ3v) is 1.36. The summed E-state index contributed by atoms with van der Waals surface area (Å²) >= 11 is 0. The Balaban J connectivity index is 2.13. The van der Waals surface area contributed by atoms with Crippen LogP contribution in [0.5, 0.6) is 5.75 Å². The number of aliphatic hydroxyl groups is 1. The lowest BCUT2D eigenvalue weighted by Gasteiger charge is -2.07. The first-order valence-corrected chi connectivity index (χ1v) is 4.14. The maximum atomic E-state index is 8.86. The van der Waals surface area contributed by atoms with E-state index in [0.29, 0.717) is 6.61 Å². The van der Waals surface area contributed by atoms with Crippen molar-refractivity contribution in [2.24, 2.45) is 0 Å². The van der Waals surface area contributed by atoms with Crippen LogP contribution < -0.4 is 4.74 Å². The van der Waals surface area contributed by atoms with Crippen LogP contribution in [0.2, 0.25) is 0 Å². The predicted octanol–water partition coefficient (Wildman–Crippen LogP) is 1.22. The van der Waals surface area contributed by atoms with Crippen molar-refractivity contribution in [3.8, 4) is 5.75 Å². The molecule has 0 saturated carbocycles. The summed E-state index contributed by atoms with van der Waals surface area (Å²) in [6.45, 7) is 2.12. The first-order valence-electron chi connectivity index (χ1n) is 4.14. The molecule has 0 aliphatic carbocycles. The highest BCUT2D eigenvalue weighted by molar-refractivity contribution is 5.19. The van der Waals surface area contributed by atoms with E-state index in [4.69, 9.17) is 14.6 Å². The summed E-state index contributed by atoms with van der Waals surface area (Å²) in [6.07, 6.45) is -0.451. The molecular formula is C10H13O3. The van der Waals surface area contributed by atoms with Crippen LogP contribution >= 0.6 is 0 Å². The number of rotatable bonds is 5. The van der Waals surface area contributed by atoms with Crippen molar-refractivity contribution in [1.82, 2.24) is 0 Å². The number of benzene rings is 1. The molecule has 0 saturated heterocycles. The van der Waals surface area contributed by atoms with Gasteiger partial charge in [0.2, 0.25) is 0 Å². The van der Waals surface area contributed by atoms with Crippen LogP contribution in [0.15, 0.2) is 24.3 Å². The molecule has 0 heterocycles. The van der Waals surface area contributed by atoms with Crippen LogP contribution in [0.4, 0.5) is 0 Å². The van der Waals surface area contributed by atoms with Gasteiger partial charge in [-0.2, -0.15) is 0 Å². The smallest absolute Gasteiger partial charge is 0.189 e. The van der Waals surface area contributed by atoms with Gasteiger partial charge in [0.25, 0.3) is 0 Å². The normalized spacial score (nSPS) is 12.5. The predicted molar refractivity (Wildman–Crippen MR) is 48.4 cm³/mol. The lowest BCUT2D eigenvalue weighted by Crippen LogP contribution is -2.13. The summed E-state index contributed by atoms with van der Waals surface area (Å²) in [5.41, 5.74) is 0. The second kappa shape index (κ2) is 5.56. The van der Waals surface area contributed by atoms with Gasteiger partial charge in [0.05, 0.1) is 12.7 Å². The monoisotopic (exact) mass is 181 g/mol. The van der Waals surface area contributed by atoms with Crippen molar-refractivity contribution in [3.05, 3.63) is 30.3 Å². The van der Waals surface area contributed by atoms with E-state index < -0.39 is 6.10 Å². The molecule has 0 aliphatic heterocycles. The molecule has 1 unspecified atom stereocenters. The molecule has 71 valence electrons. The Morgan fingerprint density at radius 3 is 2.77 bits per heavy atom. The average molecular weight is 181 g/mol. The zero-order valence-corrected chi connectivity index (χ0v) is 7.56. The van der Waals surface area contributed by atoms with E-state index in [2.05, 4.69) is 6.07 Å². The lowest BCUT2D eigenvalue weighted by molar-refractivity contribution is -0.0243. The molecule has 0 spiro atoms. The molecule has 0 aliphatic rings. The minimum atomic E-state index is -0.451. The Morgan fingerprint density at radius 2 is 2.15 bits per heavy atom. The van der Waals surface area contributed by atoms with Gasteiger partial charge in [0, 0.05) is 0 Å². The fraction of sp³-hybridized carbons (Fsp3) is 0.400. The molecule has 1 N–H and O–H groups in total. The second-order valence-electron chi connectivity index (χ2n) is 2.72. The highest BCUT2D eigenvalue weighted by atomic mass is 16.7. The molecule has 1 aromatic carbocycles. The van der Waals surface area contributed by atoms with E-state index in [1.54, 1.807) is 31.2 Å². The SMILES string of the molecule is CC(O)COCOc1cc[c]cc1. The largest absolute Gasteiger partial charge is 0.468 e. The Morgan fingerprint density at radius 1 is 1.46 bits per heavy atom. The quantitative estimate of drug-likeness (QED) is 0.548. The second-order valence-corrected chi connectivity index (χ2v) is 2.72. The van der Waals surface area contributed by atoms with E-state index in [1.807, 2.05) is 0 Å². The third kappa shape index (κ3) is 4.50. The topological polar surface area (TPSA) is 38.7 Å². The van der Waals surface area contributed by atoms with Crippen molar-refractivity contribution in [1.29, 1.82) is 0 Å². The molecule has 1 aromatic rings. The summed E-state index contributed by atoms with van der Waals surface area (Å²) in [5.74, 6) is 0.740. The van der Waals surface area contributed by atoms with Crippen LogP contribution in [0, 0.1) is 6.07 Å². The Labute approximate surface area is 77.9 Å². The maximum Gasteiger partial charge on any atom is 0.189 e. The molecule has 3 nitrogen and oxygen atoms in total. The van der Waals surface area contributed by atoms with Gasteiger partial charge in [0.1, 0.15) is 5.75 Å². The Bertz CT molecular complexity index is 221. The van der Waals surface area contributed by atoms with Crippen LogP contribution in [-0.2, 0) is 4.74 Å². The Hall–Kier alpha value is -1.06. The number of hydrogen-bond acceptors (Lipinski definition) is 3. The molecule has 1 radical (unpaired) electrons. The van der Waals surface area contributed by atoms with E-state index in [9.17, 15) is 0 Å². The summed E-state index contributed by atoms with van der Waals surface area (Å²) in [7, 11) is 0. The Kier molecular flexibility index (Phi) is 4.29. The van der Waals surface area contributed by atoms with Gasteiger partial charge in [-0.05, 0) is 25.1 Å². The van der Waals surface area contributed by atoms with Crippen molar-refractivity contribution >= 4 is 0 Å². The number of ether oxygens (including phenoxy) is 2. The van der Waals surface area contributed by atoms with Crippen molar-refractivity contribution in [2.75, 3.05) is 13.4 Å². The first kappa shape index (κ1) is 10.0. The van der Waals surface area contributed by atoms with Gasteiger partial charge in [-0.3, -0.25) is 0 Å². The number of aliphatic hydroxyl groups excluding tert-OH is 1. The molecule has 1 atom stereocenters. The highest BCUT2D eigenvalue weighted by Gasteiger charge is 1.95. The summed E-state index contributed by atoms with van der Waals surface area (Å²) in [4.78, 5) is 0. The number of hydrogen-bond donors (Lipinski definition) is 1. The molecule has 0 amide bonds. The molecular weight excluding hydrogens is 168 g/mol. The fourth-order valence-corrected chi connectivity index (χ4v) is 0.796. The molecule has 3 heteroatoms. The highest BCUT2D eigenvalue weighted by Crippen LogP contribution is 2.07. The van der Waals surface area contributed by atoms with Crippen LogP contribution in [-0.4, -0.2) is 24.6 Å². The van der Waals surface area contributed by atoms with E-state index in [0.717, 1.165) is 5.75 Å². The van der Waals surface area contributed by atoms with Crippen LogP contribution in [0.25, 0.3) is 0 Å². The minimum absolute atomic E-state index is 0.162. The van der Waals surface area contributed by atoms with Crippen molar-refractivity contribution < 1.29 is 14.6 Å². The van der Waals surface area contributed by atoms with Gasteiger partial charge >= 0.3 is 0 Å². The molecule has 1 rings (SSSR count). The van der Waals surface area contributed by atoms with E-state index >= 15 is 0 Å². The van der Waals surface area contributed by atoms with Gasteiger partial charge in [-0.25, -0.2) is 0 Å².